The van der Waals surface area contributed by atoms with E-state index in [0.717, 1.165) is 9.87 Å². The Bertz CT molecular complexity index is 1310. The molecule has 196 valence electrons. The molecule has 9 heteroatoms. The number of anilines is 1. The molecule has 0 aromatic heterocycles. The minimum atomic E-state index is -4.08. The van der Waals surface area contributed by atoms with E-state index in [1.54, 1.807) is 73.7 Å². The molecule has 7 nitrogen and oxygen atoms in total. The standard InChI is InChI=1S/C28H32ClN3O4S/c1-4-26(28(34)30-5-2)31(19-22-11-9-10-14-25(22)29)27(33)20-32(23-17-15-21(3)16-18-23)37(35,36)24-12-7-6-8-13-24/h6-18,26H,4-5,19-20H2,1-3H3,(H,30,34)/t26-/m1/s1. The van der Waals surface area contributed by atoms with Crippen LogP contribution in [0.3, 0.4) is 0 Å². The number of nitrogens with zero attached hydrogens (tertiary/aromatic N) is 2. The van der Waals surface area contributed by atoms with E-state index in [1.165, 1.54) is 17.0 Å². The Kier molecular flexibility index (Phi) is 9.72. The van der Waals surface area contributed by atoms with E-state index < -0.39 is 28.5 Å². The first-order valence-electron chi connectivity index (χ1n) is 12.1. The van der Waals surface area contributed by atoms with Gasteiger partial charge < -0.3 is 10.2 Å². The predicted octanol–water partition coefficient (Wildman–Crippen LogP) is 4.79. The molecule has 3 aromatic rings. The summed E-state index contributed by atoms with van der Waals surface area (Å²) in [4.78, 5) is 28.3. The lowest BCUT2D eigenvalue weighted by atomic mass is 10.1. The Morgan fingerprint density at radius 3 is 2.14 bits per heavy atom. The van der Waals surface area contributed by atoms with Gasteiger partial charge in [0.2, 0.25) is 11.8 Å². The molecule has 3 aromatic carbocycles. The zero-order valence-electron chi connectivity index (χ0n) is 21.2. The van der Waals surface area contributed by atoms with Crippen LogP contribution in [0, 0.1) is 6.92 Å². The minimum absolute atomic E-state index is 0.0568. The van der Waals surface area contributed by atoms with E-state index in [-0.39, 0.29) is 17.3 Å². The molecule has 0 radical (unpaired) electrons. The van der Waals surface area contributed by atoms with Crippen LogP contribution < -0.4 is 9.62 Å². The summed E-state index contributed by atoms with van der Waals surface area (Å²) in [5.41, 5.74) is 1.97. The number of hydrogen-bond donors (Lipinski definition) is 1. The fourth-order valence-electron chi connectivity index (χ4n) is 3.98. The molecule has 0 aliphatic rings. The quantitative estimate of drug-likeness (QED) is 0.378. The normalized spacial score (nSPS) is 12.0. The number of benzene rings is 3. The Morgan fingerprint density at radius 1 is 0.919 bits per heavy atom. The number of aryl methyl sites for hydroxylation is 1. The van der Waals surface area contributed by atoms with E-state index in [9.17, 15) is 18.0 Å². The average Bonchev–Trinajstić information content (AvgIpc) is 2.89. The molecule has 1 atom stereocenters. The first-order valence-corrected chi connectivity index (χ1v) is 14.0. The van der Waals surface area contributed by atoms with Gasteiger partial charge in [0.25, 0.3) is 10.0 Å². The second-order valence-electron chi connectivity index (χ2n) is 8.59. The van der Waals surface area contributed by atoms with Crippen LogP contribution in [-0.2, 0) is 26.2 Å². The lowest BCUT2D eigenvalue weighted by Gasteiger charge is -2.33. The van der Waals surface area contributed by atoms with Crippen LogP contribution in [0.4, 0.5) is 5.69 Å². The number of amides is 2. The van der Waals surface area contributed by atoms with Gasteiger partial charge in [0.1, 0.15) is 12.6 Å². The van der Waals surface area contributed by atoms with Crippen molar-refractivity contribution in [2.75, 3.05) is 17.4 Å². The summed E-state index contributed by atoms with van der Waals surface area (Å²) in [7, 11) is -4.08. The molecule has 0 saturated heterocycles. The van der Waals surface area contributed by atoms with Gasteiger partial charge in [-0.15, -0.1) is 0 Å². The van der Waals surface area contributed by atoms with E-state index >= 15 is 0 Å². The number of carbonyl (C=O) groups is 2. The molecular weight excluding hydrogens is 510 g/mol. The van der Waals surface area contributed by atoms with E-state index in [2.05, 4.69) is 5.32 Å². The minimum Gasteiger partial charge on any atom is -0.355 e. The van der Waals surface area contributed by atoms with Crippen molar-refractivity contribution in [2.45, 2.75) is 44.7 Å². The second kappa shape index (κ2) is 12.7. The van der Waals surface area contributed by atoms with Crippen LogP contribution in [0.25, 0.3) is 0 Å². The molecule has 37 heavy (non-hydrogen) atoms. The van der Waals surface area contributed by atoms with Gasteiger partial charge in [-0.2, -0.15) is 0 Å². The summed E-state index contributed by atoms with van der Waals surface area (Å²) < 4.78 is 28.5. The van der Waals surface area contributed by atoms with Gasteiger partial charge in [-0.1, -0.05) is 72.6 Å². The van der Waals surface area contributed by atoms with Crippen LogP contribution in [0.15, 0.2) is 83.8 Å². The Morgan fingerprint density at radius 2 is 1.54 bits per heavy atom. The Labute approximate surface area is 224 Å². The number of rotatable bonds is 11. The molecule has 0 spiro atoms. The van der Waals surface area contributed by atoms with Crippen molar-refractivity contribution in [3.63, 3.8) is 0 Å². The zero-order valence-corrected chi connectivity index (χ0v) is 22.8. The summed E-state index contributed by atoms with van der Waals surface area (Å²) in [5, 5.41) is 3.24. The van der Waals surface area contributed by atoms with Crippen molar-refractivity contribution in [1.82, 2.24) is 10.2 Å². The molecule has 0 aliphatic carbocycles. The maximum atomic E-state index is 13.9. The SMILES string of the molecule is CCNC(=O)[C@@H](CC)N(Cc1ccccc1Cl)C(=O)CN(c1ccc(C)cc1)S(=O)(=O)c1ccccc1. The number of sulfonamides is 1. The van der Waals surface area contributed by atoms with Crippen LogP contribution in [-0.4, -0.2) is 44.3 Å². The van der Waals surface area contributed by atoms with Crippen LogP contribution in [0.2, 0.25) is 5.02 Å². The van der Waals surface area contributed by atoms with Crippen LogP contribution in [0.1, 0.15) is 31.4 Å². The van der Waals surface area contributed by atoms with Crippen LogP contribution in [0.5, 0.6) is 0 Å². The maximum Gasteiger partial charge on any atom is 0.264 e. The highest BCUT2D eigenvalue weighted by Gasteiger charge is 2.33. The van der Waals surface area contributed by atoms with Gasteiger partial charge in [0, 0.05) is 18.1 Å². The smallest absolute Gasteiger partial charge is 0.264 e. The number of hydrogen-bond acceptors (Lipinski definition) is 4. The molecule has 1 N–H and O–H groups in total. The highest BCUT2D eigenvalue weighted by molar-refractivity contribution is 7.92. The predicted molar refractivity (Wildman–Crippen MR) is 147 cm³/mol. The van der Waals surface area contributed by atoms with Crippen molar-refractivity contribution in [3.8, 4) is 0 Å². The van der Waals surface area contributed by atoms with Gasteiger partial charge in [-0.25, -0.2) is 8.42 Å². The third-order valence-electron chi connectivity index (χ3n) is 5.97. The highest BCUT2D eigenvalue weighted by atomic mass is 35.5. The van der Waals surface area contributed by atoms with Crippen molar-refractivity contribution >= 4 is 39.1 Å². The number of likely N-dealkylation sites (N-methyl/N-ethyl adjacent to an activating group) is 1. The Balaban J connectivity index is 2.05. The van der Waals surface area contributed by atoms with Gasteiger partial charge in [-0.3, -0.25) is 13.9 Å². The lowest BCUT2D eigenvalue weighted by Crippen LogP contribution is -2.52. The third kappa shape index (κ3) is 6.90. The molecule has 2 amide bonds. The number of carbonyl (C=O) groups excluding carboxylic acids is 2. The third-order valence-corrected chi connectivity index (χ3v) is 8.12. The largest absolute Gasteiger partial charge is 0.355 e. The van der Waals surface area contributed by atoms with Crippen molar-refractivity contribution in [2.24, 2.45) is 0 Å². The molecule has 0 bridgehead atoms. The molecule has 0 aliphatic heterocycles. The van der Waals surface area contributed by atoms with Gasteiger partial charge in [0.05, 0.1) is 10.6 Å². The van der Waals surface area contributed by atoms with Gasteiger partial charge in [0.15, 0.2) is 0 Å². The summed E-state index contributed by atoms with van der Waals surface area (Å²) in [6.45, 7) is 5.49. The van der Waals surface area contributed by atoms with Crippen molar-refractivity contribution in [1.29, 1.82) is 0 Å². The van der Waals surface area contributed by atoms with Crippen LogP contribution >= 0.6 is 11.6 Å². The first-order chi connectivity index (χ1) is 17.7. The number of halogens is 1. The molecular formula is C28H32ClN3O4S. The molecule has 0 heterocycles. The highest BCUT2D eigenvalue weighted by Crippen LogP contribution is 2.26. The van der Waals surface area contributed by atoms with E-state index in [4.69, 9.17) is 11.6 Å². The molecule has 3 rings (SSSR count). The summed E-state index contributed by atoms with van der Waals surface area (Å²) in [5.74, 6) is -0.823. The van der Waals surface area contributed by atoms with Crippen molar-refractivity contribution < 1.29 is 18.0 Å². The monoisotopic (exact) mass is 541 g/mol. The molecule has 0 saturated carbocycles. The summed E-state index contributed by atoms with van der Waals surface area (Å²) in [6, 6.07) is 21.2. The Hall–Kier alpha value is -3.36. The summed E-state index contributed by atoms with van der Waals surface area (Å²) >= 11 is 6.39. The molecule has 0 unspecified atom stereocenters. The fraction of sp³-hybridized carbons (Fsp3) is 0.286. The van der Waals surface area contributed by atoms with Crippen molar-refractivity contribution in [3.05, 3.63) is 95.0 Å². The maximum absolute atomic E-state index is 13.9. The van der Waals surface area contributed by atoms with Gasteiger partial charge >= 0.3 is 0 Å². The summed E-state index contributed by atoms with van der Waals surface area (Å²) in [6.07, 6.45) is 0.345. The second-order valence-corrected chi connectivity index (χ2v) is 10.9. The van der Waals surface area contributed by atoms with E-state index in [0.29, 0.717) is 29.2 Å². The lowest BCUT2D eigenvalue weighted by molar-refractivity contribution is -0.140. The topological polar surface area (TPSA) is 86.8 Å². The molecule has 0 fully saturated rings. The number of nitrogens with one attached hydrogen (secondary N) is 1. The van der Waals surface area contributed by atoms with E-state index in [1.807, 2.05) is 13.8 Å². The first kappa shape index (κ1) is 28.2. The zero-order chi connectivity index (χ0) is 27.0. The van der Waals surface area contributed by atoms with Gasteiger partial charge in [-0.05, 0) is 56.2 Å². The average molecular weight is 542 g/mol. The fourth-order valence-corrected chi connectivity index (χ4v) is 5.61.